The zero-order valence-corrected chi connectivity index (χ0v) is 13.7. The van der Waals surface area contributed by atoms with E-state index >= 15 is 0 Å². The molecule has 0 fully saturated rings. The van der Waals surface area contributed by atoms with Crippen LogP contribution in [-0.2, 0) is 11.3 Å². The SMILES string of the molecule is COc1cccc(C(C)CC(=O)NCc2nc(C(=O)O)cs2)c1. The molecular formula is C16H18N2O4S. The van der Waals surface area contributed by atoms with Crippen molar-refractivity contribution in [3.8, 4) is 5.75 Å². The maximum Gasteiger partial charge on any atom is 0.355 e. The van der Waals surface area contributed by atoms with Gasteiger partial charge < -0.3 is 15.2 Å². The van der Waals surface area contributed by atoms with Gasteiger partial charge in [-0.15, -0.1) is 11.3 Å². The molecule has 0 radical (unpaired) electrons. The summed E-state index contributed by atoms with van der Waals surface area (Å²) in [4.78, 5) is 26.7. The van der Waals surface area contributed by atoms with Crippen molar-refractivity contribution in [2.24, 2.45) is 0 Å². The lowest BCUT2D eigenvalue weighted by atomic mass is 9.97. The van der Waals surface area contributed by atoms with E-state index in [4.69, 9.17) is 9.84 Å². The first kappa shape index (κ1) is 17.0. The van der Waals surface area contributed by atoms with E-state index in [-0.39, 0.29) is 24.1 Å². The third-order valence-corrected chi connectivity index (χ3v) is 4.21. The van der Waals surface area contributed by atoms with Crippen LogP contribution in [-0.4, -0.2) is 29.1 Å². The summed E-state index contributed by atoms with van der Waals surface area (Å²) in [5, 5.41) is 13.6. The van der Waals surface area contributed by atoms with Crippen LogP contribution in [0.5, 0.6) is 5.75 Å². The number of aromatic nitrogens is 1. The van der Waals surface area contributed by atoms with Gasteiger partial charge in [-0.25, -0.2) is 9.78 Å². The molecule has 0 bridgehead atoms. The molecule has 2 N–H and O–H groups in total. The van der Waals surface area contributed by atoms with Crippen LogP contribution in [0, 0.1) is 0 Å². The van der Waals surface area contributed by atoms with Gasteiger partial charge >= 0.3 is 5.97 Å². The van der Waals surface area contributed by atoms with Crippen molar-refractivity contribution < 1.29 is 19.4 Å². The van der Waals surface area contributed by atoms with Gasteiger partial charge in [0.25, 0.3) is 0 Å². The summed E-state index contributed by atoms with van der Waals surface area (Å²) in [5.74, 6) is -0.354. The van der Waals surface area contributed by atoms with Gasteiger partial charge in [-0.05, 0) is 23.6 Å². The molecule has 23 heavy (non-hydrogen) atoms. The van der Waals surface area contributed by atoms with E-state index in [1.807, 2.05) is 31.2 Å². The third kappa shape index (κ3) is 4.79. The Balaban J connectivity index is 1.87. The molecule has 1 heterocycles. The highest BCUT2D eigenvalue weighted by Crippen LogP contribution is 2.23. The summed E-state index contributed by atoms with van der Waals surface area (Å²) in [5.41, 5.74) is 1.03. The second-order valence-corrected chi connectivity index (χ2v) is 6.03. The van der Waals surface area contributed by atoms with Gasteiger partial charge in [0.1, 0.15) is 10.8 Å². The number of rotatable bonds is 7. The summed E-state index contributed by atoms with van der Waals surface area (Å²) in [6.07, 6.45) is 0.338. The average molecular weight is 334 g/mol. The zero-order valence-electron chi connectivity index (χ0n) is 12.9. The fourth-order valence-electron chi connectivity index (χ4n) is 2.08. The Morgan fingerprint density at radius 2 is 2.22 bits per heavy atom. The Morgan fingerprint density at radius 1 is 1.43 bits per heavy atom. The second-order valence-electron chi connectivity index (χ2n) is 5.09. The van der Waals surface area contributed by atoms with E-state index in [2.05, 4.69) is 10.3 Å². The number of amides is 1. The maximum atomic E-state index is 12.0. The van der Waals surface area contributed by atoms with Crippen LogP contribution in [0.15, 0.2) is 29.6 Å². The molecule has 0 aliphatic rings. The smallest absolute Gasteiger partial charge is 0.355 e. The van der Waals surface area contributed by atoms with E-state index in [1.165, 1.54) is 16.7 Å². The molecule has 0 spiro atoms. The first-order valence-corrected chi connectivity index (χ1v) is 7.96. The van der Waals surface area contributed by atoms with E-state index < -0.39 is 5.97 Å². The van der Waals surface area contributed by atoms with E-state index in [1.54, 1.807) is 7.11 Å². The summed E-state index contributed by atoms with van der Waals surface area (Å²) in [6.45, 7) is 2.21. The van der Waals surface area contributed by atoms with Crippen LogP contribution in [0.3, 0.4) is 0 Å². The molecule has 0 aliphatic carbocycles. The molecule has 1 aromatic heterocycles. The van der Waals surface area contributed by atoms with Crippen LogP contribution in [0.25, 0.3) is 0 Å². The first-order chi connectivity index (χ1) is 11.0. The molecule has 6 nitrogen and oxygen atoms in total. The third-order valence-electron chi connectivity index (χ3n) is 3.36. The molecule has 0 aliphatic heterocycles. The van der Waals surface area contributed by atoms with Crippen LogP contribution < -0.4 is 10.1 Å². The number of nitrogens with zero attached hydrogens (tertiary/aromatic N) is 1. The first-order valence-electron chi connectivity index (χ1n) is 7.08. The number of methoxy groups -OCH3 is 1. The Labute approximate surface area is 138 Å². The molecule has 0 saturated carbocycles. The van der Waals surface area contributed by atoms with Crippen LogP contribution in [0.4, 0.5) is 0 Å². The quantitative estimate of drug-likeness (QED) is 0.812. The Kier molecular flexibility index (Phi) is 5.70. The number of benzene rings is 1. The van der Waals surface area contributed by atoms with Crippen LogP contribution in [0.1, 0.15) is 40.3 Å². The van der Waals surface area contributed by atoms with E-state index in [9.17, 15) is 9.59 Å². The largest absolute Gasteiger partial charge is 0.497 e. The van der Waals surface area contributed by atoms with Crippen molar-refractivity contribution in [1.82, 2.24) is 10.3 Å². The number of hydrogen-bond donors (Lipinski definition) is 2. The van der Waals surface area contributed by atoms with Crippen molar-refractivity contribution >= 4 is 23.2 Å². The fourth-order valence-corrected chi connectivity index (χ4v) is 2.79. The van der Waals surface area contributed by atoms with Gasteiger partial charge in [-0.2, -0.15) is 0 Å². The van der Waals surface area contributed by atoms with Crippen molar-refractivity contribution in [2.75, 3.05) is 7.11 Å². The lowest BCUT2D eigenvalue weighted by molar-refractivity contribution is -0.121. The number of thiazole rings is 1. The number of ether oxygens (including phenoxy) is 1. The monoisotopic (exact) mass is 334 g/mol. The van der Waals surface area contributed by atoms with Gasteiger partial charge in [-0.3, -0.25) is 4.79 Å². The summed E-state index contributed by atoms with van der Waals surface area (Å²) in [7, 11) is 1.61. The Morgan fingerprint density at radius 3 is 2.87 bits per heavy atom. The molecule has 1 unspecified atom stereocenters. The van der Waals surface area contributed by atoms with E-state index in [0.717, 1.165) is 11.3 Å². The lowest BCUT2D eigenvalue weighted by Crippen LogP contribution is -2.24. The van der Waals surface area contributed by atoms with Gasteiger partial charge in [-0.1, -0.05) is 19.1 Å². The number of carboxylic acid groups (broad SMARTS) is 1. The molecule has 1 atom stereocenters. The molecule has 0 saturated heterocycles. The highest BCUT2D eigenvalue weighted by atomic mass is 32.1. The van der Waals surface area contributed by atoms with Crippen molar-refractivity contribution in [2.45, 2.75) is 25.8 Å². The maximum absolute atomic E-state index is 12.0. The molecule has 122 valence electrons. The number of hydrogen-bond acceptors (Lipinski definition) is 5. The van der Waals surface area contributed by atoms with Crippen molar-refractivity contribution in [3.05, 3.63) is 45.9 Å². The fraction of sp³-hybridized carbons (Fsp3) is 0.312. The highest BCUT2D eigenvalue weighted by Gasteiger charge is 2.13. The van der Waals surface area contributed by atoms with Gasteiger partial charge in [0.15, 0.2) is 5.69 Å². The normalized spacial score (nSPS) is 11.7. The number of carbonyl (C=O) groups is 2. The number of nitrogens with one attached hydrogen (secondary N) is 1. The molecule has 1 amide bonds. The van der Waals surface area contributed by atoms with E-state index in [0.29, 0.717) is 11.4 Å². The lowest BCUT2D eigenvalue weighted by Gasteiger charge is -2.12. The van der Waals surface area contributed by atoms with Gasteiger partial charge in [0, 0.05) is 11.8 Å². The minimum atomic E-state index is -1.06. The standard InChI is InChI=1S/C16H18N2O4S/c1-10(11-4-3-5-12(7-11)22-2)6-14(19)17-8-15-18-13(9-23-15)16(20)21/h3-5,7,9-10H,6,8H2,1-2H3,(H,17,19)(H,20,21). The number of carbonyl (C=O) groups excluding carboxylic acids is 1. The summed E-state index contributed by atoms with van der Waals surface area (Å²) >= 11 is 1.22. The van der Waals surface area contributed by atoms with Gasteiger partial charge in [0.05, 0.1) is 13.7 Å². The molecule has 2 aromatic rings. The minimum Gasteiger partial charge on any atom is -0.497 e. The molecule has 2 rings (SSSR count). The summed E-state index contributed by atoms with van der Waals surface area (Å²) < 4.78 is 5.18. The van der Waals surface area contributed by atoms with Crippen LogP contribution >= 0.6 is 11.3 Å². The second kappa shape index (κ2) is 7.73. The van der Waals surface area contributed by atoms with Crippen LogP contribution in [0.2, 0.25) is 0 Å². The number of aromatic carboxylic acids is 1. The van der Waals surface area contributed by atoms with Crippen molar-refractivity contribution in [1.29, 1.82) is 0 Å². The number of carboxylic acids is 1. The highest BCUT2D eigenvalue weighted by molar-refractivity contribution is 7.09. The molecule has 1 aromatic carbocycles. The Hall–Kier alpha value is -2.41. The predicted octanol–water partition coefficient (Wildman–Crippen LogP) is 2.66. The van der Waals surface area contributed by atoms with Gasteiger partial charge in [0.2, 0.25) is 5.91 Å². The molecular weight excluding hydrogens is 316 g/mol. The topological polar surface area (TPSA) is 88.5 Å². The minimum absolute atomic E-state index is 0.00370. The zero-order chi connectivity index (χ0) is 16.8. The average Bonchev–Trinajstić information content (AvgIpc) is 3.02. The predicted molar refractivity (Wildman–Crippen MR) is 86.9 cm³/mol. The molecule has 7 heteroatoms. The Bertz CT molecular complexity index is 699. The summed E-state index contributed by atoms with van der Waals surface area (Å²) in [6, 6.07) is 7.63. The van der Waals surface area contributed by atoms with Crippen molar-refractivity contribution in [3.63, 3.8) is 0 Å².